The minimum atomic E-state index is -0.668. The fraction of sp³-hybridized carbons (Fsp3) is 0.244. The number of ether oxygens (including phenoxy) is 1. The molecule has 0 saturated carbocycles. The number of halogens is 1. The third-order valence-electron chi connectivity index (χ3n) is 9.57. The Balaban J connectivity index is 0.938. The molecule has 1 N–H and O–H groups in total. The molecule has 3 aromatic heterocycles. The number of nitrogens with zero attached hydrogens (tertiary/aromatic N) is 6. The number of rotatable bonds is 5. The topological polar surface area (TPSA) is 132 Å². The van der Waals surface area contributed by atoms with Crippen LogP contribution < -0.4 is 10.1 Å². The predicted octanol–water partition coefficient (Wildman–Crippen LogP) is 5.89. The molecule has 11 nitrogen and oxygen atoms in total. The maximum Gasteiger partial charge on any atom is 0.255 e. The number of aryl methyl sites for hydroxylation is 1. The highest BCUT2D eigenvalue weighted by atomic mass is 35.5. The number of piperidine rings is 1. The summed E-state index contributed by atoms with van der Waals surface area (Å²) in [5.41, 5.74) is 6.51. The van der Waals surface area contributed by atoms with Gasteiger partial charge in [0, 0.05) is 46.7 Å². The standard InChI is InChI=1S/C41H32ClN7O4S/c1-23-34(54-41-36(23)37(27-10-12-28(42)13-11-27)44-24(2)38-47-46-25(3)49(38)41)18-15-29-14-16-30(21-43-29)53-20-5-4-7-26-8-6-9-31-32(26)22-48(40(31)52)33-17-19-35(50)45-39(33)51/h6,8-14,16,21,24,33H,5,17,19-20,22H2,1-3H3,(H,45,50,51)/t24-,33?/m0/s1. The van der Waals surface area contributed by atoms with E-state index in [1.54, 1.807) is 29.7 Å². The zero-order chi connectivity index (χ0) is 37.5. The van der Waals surface area contributed by atoms with Crippen LogP contribution in [0.15, 0.2) is 65.8 Å². The number of hydrogen-bond acceptors (Lipinski definition) is 9. The molecule has 13 heteroatoms. The highest BCUT2D eigenvalue weighted by Gasteiger charge is 2.39. The second kappa shape index (κ2) is 14.4. The lowest BCUT2D eigenvalue weighted by Gasteiger charge is -2.29. The van der Waals surface area contributed by atoms with E-state index in [4.69, 9.17) is 21.3 Å². The van der Waals surface area contributed by atoms with Crippen LogP contribution in [0.2, 0.25) is 5.02 Å². The average molecular weight is 754 g/mol. The van der Waals surface area contributed by atoms with Gasteiger partial charge >= 0.3 is 0 Å². The summed E-state index contributed by atoms with van der Waals surface area (Å²) in [6.45, 7) is 6.65. The van der Waals surface area contributed by atoms with E-state index in [2.05, 4.69) is 55.7 Å². The largest absolute Gasteiger partial charge is 0.491 e. The van der Waals surface area contributed by atoms with Crippen molar-refractivity contribution in [3.63, 3.8) is 0 Å². The van der Waals surface area contributed by atoms with E-state index in [1.165, 1.54) is 4.90 Å². The Morgan fingerprint density at radius 1 is 1.02 bits per heavy atom. The molecule has 3 aliphatic heterocycles. The summed E-state index contributed by atoms with van der Waals surface area (Å²) < 4.78 is 7.98. The predicted molar refractivity (Wildman–Crippen MR) is 204 cm³/mol. The van der Waals surface area contributed by atoms with Gasteiger partial charge in [0.2, 0.25) is 11.8 Å². The number of nitrogens with one attached hydrogen (secondary N) is 1. The van der Waals surface area contributed by atoms with E-state index in [0.29, 0.717) is 41.5 Å². The third-order valence-corrected chi connectivity index (χ3v) is 11.0. The van der Waals surface area contributed by atoms with Gasteiger partial charge in [-0.15, -0.1) is 21.5 Å². The highest BCUT2D eigenvalue weighted by molar-refractivity contribution is 7.15. The van der Waals surface area contributed by atoms with E-state index in [9.17, 15) is 14.4 Å². The van der Waals surface area contributed by atoms with Crippen LogP contribution in [-0.2, 0) is 16.1 Å². The Hall–Kier alpha value is -6.08. The van der Waals surface area contributed by atoms with Gasteiger partial charge in [0.1, 0.15) is 34.4 Å². The first kappa shape index (κ1) is 35.0. The summed E-state index contributed by atoms with van der Waals surface area (Å²) in [5, 5.41) is 12.8. The zero-order valence-electron chi connectivity index (χ0n) is 29.6. The molecule has 2 aromatic carbocycles. The summed E-state index contributed by atoms with van der Waals surface area (Å²) in [6.07, 6.45) is 2.62. The fourth-order valence-electron chi connectivity index (χ4n) is 6.84. The van der Waals surface area contributed by atoms with Gasteiger partial charge in [-0.1, -0.05) is 41.6 Å². The summed E-state index contributed by atoms with van der Waals surface area (Å²) in [4.78, 5) is 49.2. The maximum absolute atomic E-state index is 13.1. The third kappa shape index (κ3) is 6.55. The molecular weight excluding hydrogens is 722 g/mol. The molecule has 3 amide bonds. The number of imide groups is 1. The number of hydrogen-bond donors (Lipinski definition) is 1. The number of thiophene rings is 1. The molecule has 1 fully saturated rings. The number of carbonyl (C=O) groups is 3. The number of fused-ring (bicyclic) bond motifs is 4. The van der Waals surface area contributed by atoms with Gasteiger partial charge in [-0.05, 0) is 86.6 Å². The molecule has 0 radical (unpaired) electrons. The number of amides is 3. The van der Waals surface area contributed by atoms with Crippen LogP contribution in [0.4, 0.5) is 0 Å². The smallest absolute Gasteiger partial charge is 0.255 e. The molecule has 0 spiro atoms. The molecule has 0 aliphatic carbocycles. The van der Waals surface area contributed by atoms with Crippen LogP contribution in [0, 0.1) is 37.5 Å². The molecule has 3 aliphatic rings. The quantitative estimate of drug-likeness (QED) is 0.135. The number of benzene rings is 2. The Bertz CT molecular complexity index is 2520. The van der Waals surface area contributed by atoms with Gasteiger partial charge < -0.3 is 9.64 Å². The Labute approximate surface area is 320 Å². The number of aliphatic imine (C=N–C) groups is 1. The van der Waals surface area contributed by atoms with Crippen molar-refractivity contribution in [3.8, 4) is 34.4 Å². The first-order valence-corrected chi connectivity index (χ1v) is 18.6. The molecule has 8 rings (SSSR count). The Kier molecular flexibility index (Phi) is 9.32. The second-order valence-electron chi connectivity index (χ2n) is 13.1. The van der Waals surface area contributed by atoms with Crippen molar-refractivity contribution in [1.29, 1.82) is 0 Å². The van der Waals surface area contributed by atoms with Crippen molar-refractivity contribution in [2.45, 2.75) is 58.7 Å². The van der Waals surface area contributed by atoms with Crippen molar-refractivity contribution in [2.75, 3.05) is 6.61 Å². The summed E-state index contributed by atoms with van der Waals surface area (Å²) in [7, 11) is 0. The van der Waals surface area contributed by atoms with Gasteiger partial charge in [-0.3, -0.25) is 29.3 Å². The van der Waals surface area contributed by atoms with E-state index in [-0.39, 0.29) is 30.8 Å². The highest BCUT2D eigenvalue weighted by Crippen LogP contribution is 2.39. The minimum Gasteiger partial charge on any atom is -0.491 e. The van der Waals surface area contributed by atoms with Crippen LogP contribution in [0.25, 0.3) is 5.00 Å². The van der Waals surface area contributed by atoms with Crippen LogP contribution in [0.1, 0.15) is 92.6 Å². The molecule has 0 bridgehead atoms. The van der Waals surface area contributed by atoms with Crippen molar-refractivity contribution in [2.24, 2.45) is 4.99 Å². The normalized spacial score (nSPS) is 17.2. The van der Waals surface area contributed by atoms with Crippen molar-refractivity contribution in [3.05, 3.63) is 121 Å². The SMILES string of the molecule is Cc1c(C#Cc2ccc(OCCC#Cc3cccc4c3CN(C3CCC(=O)NC3=O)C4=O)cn2)sc2c1C(c1ccc(Cl)cc1)=N[C@@H](C)c1nnc(C)n1-2. The van der Waals surface area contributed by atoms with Gasteiger partial charge in [-0.2, -0.15) is 0 Å². The van der Waals surface area contributed by atoms with Gasteiger partial charge in [0.15, 0.2) is 5.82 Å². The molecule has 5 aromatic rings. The van der Waals surface area contributed by atoms with E-state index in [0.717, 1.165) is 55.1 Å². The number of aromatic nitrogens is 4. The average Bonchev–Trinajstić information content (AvgIpc) is 3.79. The molecule has 2 atom stereocenters. The Morgan fingerprint density at radius 3 is 2.63 bits per heavy atom. The van der Waals surface area contributed by atoms with Crippen LogP contribution in [-0.4, -0.2) is 60.7 Å². The summed E-state index contributed by atoms with van der Waals surface area (Å²) in [5.74, 6) is 14.0. The van der Waals surface area contributed by atoms with Crippen LogP contribution in [0.5, 0.6) is 5.75 Å². The first-order valence-electron chi connectivity index (χ1n) is 17.4. The lowest BCUT2D eigenvalue weighted by Crippen LogP contribution is -2.52. The van der Waals surface area contributed by atoms with Crippen molar-refractivity contribution in [1.82, 2.24) is 30.0 Å². The lowest BCUT2D eigenvalue weighted by atomic mass is 9.99. The molecule has 1 unspecified atom stereocenters. The fourth-order valence-corrected chi connectivity index (χ4v) is 8.18. The molecule has 268 valence electrons. The number of pyridine rings is 1. The molecule has 1 saturated heterocycles. The van der Waals surface area contributed by atoms with Gasteiger partial charge in [0.05, 0.1) is 23.4 Å². The Morgan fingerprint density at radius 2 is 1.85 bits per heavy atom. The van der Waals surface area contributed by atoms with Gasteiger partial charge in [0.25, 0.3) is 5.91 Å². The number of carbonyl (C=O) groups excluding carboxylic acids is 3. The molecule has 6 heterocycles. The van der Waals surface area contributed by atoms with Crippen molar-refractivity contribution >= 4 is 46.4 Å². The molecule has 54 heavy (non-hydrogen) atoms. The van der Waals surface area contributed by atoms with E-state index in [1.807, 2.05) is 56.3 Å². The molecular formula is C41H32ClN7O4S. The lowest BCUT2D eigenvalue weighted by molar-refractivity contribution is -0.136. The summed E-state index contributed by atoms with van der Waals surface area (Å²) in [6, 6.07) is 15.9. The minimum absolute atomic E-state index is 0.196. The summed E-state index contributed by atoms with van der Waals surface area (Å²) >= 11 is 7.80. The second-order valence-corrected chi connectivity index (χ2v) is 14.5. The van der Waals surface area contributed by atoms with Crippen LogP contribution in [0.3, 0.4) is 0 Å². The van der Waals surface area contributed by atoms with Gasteiger partial charge in [-0.25, -0.2) is 4.98 Å². The van der Waals surface area contributed by atoms with Crippen molar-refractivity contribution < 1.29 is 19.1 Å². The van der Waals surface area contributed by atoms with E-state index >= 15 is 0 Å². The maximum atomic E-state index is 13.1. The first-order chi connectivity index (χ1) is 26.2. The van der Waals surface area contributed by atoms with Crippen LogP contribution >= 0.6 is 22.9 Å². The monoisotopic (exact) mass is 753 g/mol. The van der Waals surface area contributed by atoms with E-state index < -0.39 is 11.9 Å². The zero-order valence-corrected chi connectivity index (χ0v) is 31.1.